The van der Waals surface area contributed by atoms with E-state index < -0.39 is 0 Å². The van der Waals surface area contributed by atoms with Crippen LogP contribution in [0, 0.1) is 27.7 Å². The molecular weight excluding hydrogens is 332 g/mol. The molecule has 0 spiro atoms. The average molecular weight is 359 g/mol. The third-order valence-corrected chi connectivity index (χ3v) is 4.32. The minimum atomic E-state index is 0.469. The molecule has 0 fully saturated rings. The van der Waals surface area contributed by atoms with Gasteiger partial charge >= 0.3 is 0 Å². The monoisotopic (exact) mass is 358 g/mol. The summed E-state index contributed by atoms with van der Waals surface area (Å²) in [6, 6.07) is 8.29. The maximum absolute atomic E-state index is 5.31. The molecule has 0 atom stereocenters. The van der Waals surface area contributed by atoms with Crippen LogP contribution in [0.25, 0.3) is 0 Å². The molecule has 6 heteroatoms. The predicted molar refractivity (Wildman–Crippen MR) is 109 cm³/mol. The summed E-state index contributed by atoms with van der Waals surface area (Å²) in [5, 5.41) is 7.89. The quantitative estimate of drug-likeness (QED) is 0.470. The highest BCUT2D eigenvalue weighted by Crippen LogP contribution is 2.16. The molecule has 2 aromatic rings. The summed E-state index contributed by atoms with van der Waals surface area (Å²) in [7, 11) is 1.71. The lowest BCUT2D eigenvalue weighted by atomic mass is 10.1. The van der Waals surface area contributed by atoms with Crippen molar-refractivity contribution in [3.63, 3.8) is 0 Å². The first kappa shape index (κ1) is 19.1. The molecule has 0 aliphatic rings. The smallest absolute Gasteiger partial charge is 0.191 e. The first-order valence-electron chi connectivity index (χ1n) is 8.25. The molecule has 0 saturated heterocycles. The molecule has 0 amide bonds. The van der Waals surface area contributed by atoms with Crippen LogP contribution in [0.5, 0.6) is 0 Å². The number of nitrogens with zero attached hydrogens (tertiary/aromatic N) is 2. The predicted octanol–water partition coefficient (Wildman–Crippen LogP) is 3.69. The molecule has 2 N–H and O–H groups in total. The highest BCUT2D eigenvalue weighted by atomic mass is 32.1. The number of ether oxygens (including phenoxy) is 1. The Kier molecular flexibility index (Phi) is 6.73. The van der Waals surface area contributed by atoms with Crippen molar-refractivity contribution >= 4 is 29.2 Å². The van der Waals surface area contributed by atoms with Crippen LogP contribution in [-0.4, -0.2) is 29.6 Å². The second-order valence-electron chi connectivity index (χ2n) is 6.11. The standard InChI is InChI=1S/C19H26N4OS/c1-13-6-7-18(14(2)10-13)21-19(25)22-20-12-17-11-15(3)23(16(17)4)8-9-24-5/h6-7,10-12H,8-9H2,1-5H3,(H2,21,22,25). The number of methoxy groups -OCH3 is 1. The molecule has 1 heterocycles. The fourth-order valence-electron chi connectivity index (χ4n) is 2.75. The number of rotatable bonds is 6. The van der Waals surface area contributed by atoms with Crippen LogP contribution in [0.2, 0.25) is 0 Å². The van der Waals surface area contributed by atoms with E-state index in [1.54, 1.807) is 13.3 Å². The van der Waals surface area contributed by atoms with E-state index in [1.165, 1.54) is 11.3 Å². The van der Waals surface area contributed by atoms with Gasteiger partial charge < -0.3 is 14.6 Å². The molecule has 0 aliphatic carbocycles. The number of hydrazone groups is 1. The Morgan fingerprint density at radius 2 is 2.00 bits per heavy atom. The fourth-order valence-corrected chi connectivity index (χ4v) is 2.91. The first-order valence-corrected chi connectivity index (χ1v) is 8.66. The highest BCUT2D eigenvalue weighted by Gasteiger charge is 2.07. The van der Waals surface area contributed by atoms with Crippen LogP contribution in [0.15, 0.2) is 29.4 Å². The van der Waals surface area contributed by atoms with Crippen LogP contribution < -0.4 is 10.7 Å². The molecule has 2 rings (SSSR count). The second kappa shape index (κ2) is 8.78. The summed E-state index contributed by atoms with van der Waals surface area (Å²) in [4.78, 5) is 0. The zero-order chi connectivity index (χ0) is 18.4. The number of hydrogen-bond donors (Lipinski definition) is 2. The molecular formula is C19H26N4OS. The Labute approximate surface area is 155 Å². The molecule has 0 radical (unpaired) electrons. The average Bonchev–Trinajstić information content (AvgIpc) is 2.82. The highest BCUT2D eigenvalue weighted by molar-refractivity contribution is 7.80. The first-order chi connectivity index (χ1) is 11.9. The molecule has 1 aromatic heterocycles. The maximum Gasteiger partial charge on any atom is 0.191 e. The normalized spacial score (nSPS) is 11.1. The Morgan fingerprint density at radius 3 is 2.68 bits per heavy atom. The van der Waals surface area contributed by atoms with Crippen LogP contribution in [0.1, 0.15) is 28.1 Å². The lowest BCUT2D eigenvalue weighted by molar-refractivity contribution is 0.186. The number of anilines is 1. The Balaban J connectivity index is 1.97. The van der Waals surface area contributed by atoms with Gasteiger partial charge in [0, 0.05) is 36.3 Å². The van der Waals surface area contributed by atoms with Gasteiger partial charge in [-0.1, -0.05) is 17.7 Å². The van der Waals surface area contributed by atoms with Gasteiger partial charge in [0.25, 0.3) is 0 Å². The van der Waals surface area contributed by atoms with E-state index in [0.29, 0.717) is 11.7 Å². The van der Waals surface area contributed by atoms with Crippen LogP contribution in [0.3, 0.4) is 0 Å². The van der Waals surface area contributed by atoms with E-state index in [9.17, 15) is 0 Å². The Bertz CT molecular complexity index is 780. The SMILES string of the molecule is COCCn1c(C)cc(C=NNC(=S)Nc2ccc(C)cc2C)c1C. The molecule has 1 aromatic carbocycles. The molecule has 0 unspecified atom stereocenters. The van der Waals surface area contributed by atoms with Gasteiger partial charge in [0.1, 0.15) is 0 Å². The van der Waals surface area contributed by atoms with E-state index in [1.807, 2.05) is 6.07 Å². The van der Waals surface area contributed by atoms with Crippen molar-refractivity contribution in [1.29, 1.82) is 0 Å². The number of benzene rings is 1. The number of aryl methyl sites for hydroxylation is 3. The molecule has 0 bridgehead atoms. The van der Waals surface area contributed by atoms with Crippen LogP contribution in [-0.2, 0) is 11.3 Å². The van der Waals surface area contributed by atoms with Gasteiger partial charge in [-0.05, 0) is 57.6 Å². The van der Waals surface area contributed by atoms with Crippen molar-refractivity contribution in [2.24, 2.45) is 5.10 Å². The summed E-state index contributed by atoms with van der Waals surface area (Å²) in [5.74, 6) is 0. The van der Waals surface area contributed by atoms with E-state index in [4.69, 9.17) is 17.0 Å². The van der Waals surface area contributed by atoms with Crippen LogP contribution in [0.4, 0.5) is 5.69 Å². The van der Waals surface area contributed by atoms with E-state index >= 15 is 0 Å². The van der Waals surface area contributed by atoms with E-state index in [2.05, 4.69) is 66.3 Å². The van der Waals surface area contributed by atoms with Crippen molar-refractivity contribution in [2.75, 3.05) is 19.0 Å². The van der Waals surface area contributed by atoms with Gasteiger partial charge in [-0.15, -0.1) is 0 Å². The molecule has 134 valence electrons. The topological polar surface area (TPSA) is 50.6 Å². The summed E-state index contributed by atoms with van der Waals surface area (Å²) in [6.07, 6.45) is 1.79. The van der Waals surface area contributed by atoms with Gasteiger partial charge in [-0.25, -0.2) is 0 Å². The van der Waals surface area contributed by atoms with E-state index in [-0.39, 0.29) is 0 Å². The largest absolute Gasteiger partial charge is 0.383 e. The van der Waals surface area contributed by atoms with Gasteiger partial charge in [-0.3, -0.25) is 5.43 Å². The number of hydrogen-bond acceptors (Lipinski definition) is 3. The summed E-state index contributed by atoms with van der Waals surface area (Å²) >= 11 is 5.31. The zero-order valence-electron chi connectivity index (χ0n) is 15.5. The summed E-state index contributed by atoms with van der Waals surface area (Å²) in [6.45, 7) is 9.81. The van der Waals surface area contributed by atoms with Crippen molar-refractivity contribution in [2.45, 2.75) is 34.2 Å². The minimum absolute atomic E-state index is 0.469. The second-order valence-corrected chi connectivity index (χ2v) is 6.52. The van der Waals surface area contributed by atoms with Crippen molar-refractivity contribution in [3.8, 4) is 0 Å². The summed E-state index contributed by atoms with van der Waals surface area (Å²) in [5.41, 5.74) is 9.65. The zero-order valence-corrected chi connectivity index (χ0v) is 16.3. The number of thiocarbonyl (C=S) groups is 1. The number of aromatic nitrogens is 1. The van der Waals surface area contributed by atoms with Gasteiger partial charge in [0.15, 0.2) is 5.11 Å². The lowest BCUT2D eigenvalue weighted by Crippen LogP contribution is -2.24. The third kappa shape index (κ3) is 5.14. The van der Waals surface area contributed by atoms with Crippen molar-refractivity contribution in [1.82, 2.24) is 9.99 Å². The van der Waals surface area contributed by atoms with Gasteiger partial charge in [0.2, 0.25) is 0 Å². The minimum Gasteiger partial charge on any atom is -0.383 e. The Hall–Kier alpha value is -2.18. The Morgan fingerprint density at radius 1 is 1.24 bits per heavy atom. The van der Waals surface area contributed by atoms with Gasteiger partial charge in [-0.2, -0.15) is 5.10 Å². The van der Waals surface area contributed by atoms with Gasteiger partial charge in [0.05, 0.1) is 12.8 Å². The molecule has 25 heavy (non-hydrogen) atoms. The number of nitrogens with one attached hydrogen (secondary N) is 2. The van der Waals surface area contributed by atoms with Crippen LogP contribution >= 0.6 is 12.2 Å². The van der Waals surface area contributed by atoms with Crippen molar-refractivity contribution < 1.29 is 4.74 Å². The maximum atomic E-state index is 5.31. The van der Waals surface area contributed by atoms with Crippen molar-refractivity contribution in [3.05, 3.63) is 52.3 Å². The third-order valence-electron chi connectivity index (χ3n) is 4.13. The molecule has 0 aliphatic heterocycles. The molecule has 5 nitrogen and oxygen atoms in total. The lowest BCUT2D eigenvalue weighted by Gasteiger charge is -2.10. The van der Waals surface area contributed by atoms with E-state index in [0.717, 1.165) is 29.1 Å². The summed E-state index contributed by atoms with van der Waals surface area (Å²) < 4.78 is 7.38. The molecule has 0 saturated carbocycles. The fraction of sp³-hybridized carbons (Fsp3) is 0.368.